The summed E-state index contributed by atoms with van der Waals surface area (Å²) in [7, 11) is 0. The number of aromatic nitrogens is 3. The van der Waals surface area contributed by atoms with Crippen molar-refractivity contribution in [1.82, 2.24) is 19.5 Å². The zero-order valence-corrected chi connectivity index (χ0v) is 16.3. The van der Waals surface area contributed by atoms with Crippen molar-refractivity contribution in [1.29, 1.82) is 0 Å². The molecule has 1 aliphatic heterocycles. The zero-order chi connectivity index (χ0) is 19.9. The Morgan fingerprint density at radius 1 is 1.04 bits per heavy atom. The molecule has 0 saturated carbocycles. The first kappa shape index (κ1) is 18.9. The summed E-state index contributed by atoms with van der Waals surface area (Å²) in [6.07, 6.45) is -1.81. The second kappa shape index (κ2) is 7.20. The molecule has 1 aliphatic rings. The van der Waals surface area contributed by atoms with E-state index in [2.05, 4.69) is 26.0 Å². The van der Waals surface area contributed by atoms with Crippen molar-refractivity contribution >= 4 is 27.5 Å². The molecule has 0 atom stereocenters. The van der Waals surface area contributed by atoms with Crippen LogP contribution in [0.25, 0.3) is 16.9 Å². The summed E-state index contributed by atoms with van der Waals surface area (Å²) >= 11 is 3.30. The van der Waals surface area contributed by atoms with E-state index in [1.54, 1.807) is 29.2 Å². The zero-order valence-electron chi connectivity index (χ0n) is 14.7. The minimum absolute atomic E-state index is 0.00639. The van der Waals surface area contributed by atoms with Gasteiger partial charge in [0.05, 0.1) is 5.69 Å². The summed E-state index contributed by atoms with van der Waals surface area (Å²) in [4.78, 5) is 18.6. The standard InChI is InChI=1S/C19H16BrF3N4O/c20-13-6-4-12(5-7-13)14-10-16(19(21,22)23)27-17(24-14)11-15(25-27)18(28)26-8-2-1-3-9-26/h4-7,10-11H,1-3,8-9H2. The number of hydrogen-bond acceptors (Lipinski definition) is 3. The maximum absolute atomic E-state index is 13.7. The number of carbonyl (C=O) groups is 1. The van der Waals surface area contributed by atoms with Crippen LogP contribution in [0.5, 0.6) is 0 Å². The third-order valence-electron chi connectivity index (χ3n) is 4.72. The van der Waals surface area contributed by atoms with E-state index >= 15 is 0 Å². The lowest BCUT2D eigenvalue weighted by atomic mass is 10.1. The molecule has 1 fully saturated rings. The first-order valence-corrected chi connectivity index (χ1v) is 9.65. The number of fused-ring (bicyclic) bond motifs is 1. The van der Waals surface area contributed by atoms with Crippen molar-refractivity contribution in [3.05, 3.63) is 52.3 Å². The lowest BCUT2D eigenvalue weighted by molar-refractivity contribution is -0.142. The van der Waals surface area contributed by atoms with Gasteiger partial charge >= 0.3 is 6.18 Å². The van der Waals surface area contributed by atoms with Crippen molar-refractivity contribution < 1.29 is 18.0 Å². The van der Waals surface area contributed by atoms with Gasteiger partial charge < -0.3 is 4.90 Å². The lowest BCUT2D eigenvalue weighted by Crippen LogP contribution is -2.35. The number of likely N-dealkylation sites (tertiary alicyclic amines) is 1. The van der Waals surface area contributed by atoms with Gasteiger partial charge in [-0.25, -0.2) is 9.50 Å². The molecule has 28 heavy (non-hydrogen) atoms. The monoisotopic (exact) mass is 452 g/mol. The number of piperidine rings is 1. The molecule has 0 radical (unpaired) electrons. The molecule has 3 heterocycles. The summed E-state index contributed by atoms with van der Waals surface area (Å²) < 4.78 is 42.5. The normalized spacial score (nSPS) is 15.2. The summed E-state index contributed by atoms with van der Waals surface area (Å²) in [6.45, 7) is 1.19. The van der Waals surface area contributed by atoms with E-state index in [0.29, 0.717) is 23.2 Å². The predicted molar refractivity (Wildman–Crippen MR) is 101 cm³/mol. The van der Waals surface area contributed by atoms with Crippen molar-refractivity contribution in [2.75, 3.05) is 13.1 Å². The highest BCUT2D eigenvalue weighted by Crippen LogP contribution is 2.32. The summed E-state index contributed by atoms with van der Waals surface area (Å²) in [6, 6.07) is 9.11. The number of carbonyl (C=O) groups excluding carboxylic acids is 1. The number of nitrogens with zero attached hydrogens (tertiary/aromatic N) is 4. The van der Waals surface area contributed by atoms with Gasteiger partial charge in [0.1, 0.15) is 0 Å². The minimum Gasteiger partial charge on any atom is -0.337 e. The maximum atomic E-state index is 13.7. The fourth-order valence-electron chi connectivity index (χ4n) is 3.31. The average Bonchev–Trinajstić information content (AvgIpc) is 3.11. The number of alkyl halides is 3. The quantitative estimate of drug-likeness (QED) is 0.560. The smallest absolute Gasteiger partial charge is 0.337 e. The van der Waals surface area contributed by atoms with Crippen LogP contribution in [-0.2, 0) is 6.18 Å². The average molecular weight is 453 g/mol. The van der Waals surface area contributed by atoms with E-state index in [0.717, 1.165) is 29.8 Å². The Morgan fingerprint density at radius 3 is 2.36 bits per heavy atom. The molecule has 1 aromatic carbocycles. The highest BCUT2D eigenvalue weighted by molar-refractivity contribution is 9.10. The minimum atomic E-state index is -4.64. The highest BCUT2D eigenvalue weighted by atomic mass is 79.9. The summed E-state index contributed by atoms with van der Waals surface area (Å²) in [5.41, 5.74) is -0.278. The van der Waals surface area contributed by atoms with Crippen molar-refractivity contribution in [2.24, 2.45) is 0 Å². The second-order valence-corrected chi connectivity index (χ2v) is 7.60. The molecule has 5 nitrogen and oxygen atoms in total. The van der Waals surface area contributed by atoms with Gasteiger partial charge in [0, 0.05) is 29.2 Å². The van der Waals surface area contributed by atoms with E-state index in [9.17, 15) is 18.0 Å². The number of benzene rings is 1. The molecule has 146 valence electrons. The van der Waals surface area contributed by atoms with Crippen LogP contribution < -0.4 is 0 Å². The van der Waals surface area contributed by atoms with Gasteiger partial charge in [-0.2, -0.15) is 18.3 Å². The van der Waals surface area contributed by atoms with E-state index in [1.807, 2.05) is 0 Å². The van der Waals surface area contributed by atoms with Crippen LogP contribution in [-0.4, -0.2) is 38.5 Å². The largest absolute Gasteiger partial charge is 0.433 e. The Balaban J connectivity index is 1.82. The molecule has 0 N–H and O–H groups in total. The van der Waals surface area contributed by atoms with E-state index in [-0.39, 0.29) is 22.9 Å². The van der Waals surface area contributed by atoms with Gasteiger partial charge in [0.2, 0.25) is 0 Å². The molecular weight excluding hydrogens is 437 g/mol. The predicted octanol–water partition coefficient (Wildman–Crippen LogP) is 4.80. The van der Waals surface area contributed by atoms with Crippen molar-refractivity contribution in [3.63, 3.8) is 0 Å². The molecule has 3 aromatic rings. The summed E-state index contributed by atoms with van der Waals surface area (Å²) in [5, 5.41) is 3.94. The fourth-order valence-corrected chi connectivity index (χ4v) is 3.57. The molecule has 1 amide bonds. The molecule has 4 rings (SSSR count). The third kappa shape index (κ3) is 3.63. The van der Waals surface area contributed by atoms with Crippen LogP contribution in [0.4, 0.5) is 13.2 Å². The molecule has 9 heteroatoms. The molecule has 0 unspecified atom stereocenters. The van der Waals surface area contributed by atoms with E-state index in [4.69, 9.17) is 0 Å². The van der Waals surface area contributed by atoms with Gasteiger partial charge in [-0.3, -0.25) is 4.79 Å². The Hall–Kier alpha value is -2.42. The van der Waals surface area contributed by atoms with Gasteiger partial charge in [-0.15, -0.1) is 0 Å². The maximum Gasteiger partial charge on any atom is 0.433 e. The third-order valence-corrected chi connectivity index (χ3v) is 5.25. The van der Waals surface area contributed by atoms with Crippen LogP contribution in [0.2, 0.25) is 0 Å². The summed E-state index contributed by atoms with van der Waals surface area (Å²) in [5.74, 6) is -0.358. The molecule has 2 aromatic heterocycles. The van der Waals surface area contributed by atoms with Gasteiger partial charge in [-0.05, 0) is 37.5 Å². The molecule has 0 spiro atoms. The fraction of sp³-hybridized carbons (Fsp3) is 0.316. The molecular formula is C19H16BrF3N4O. The van der Waals surface area contributed by atoms with Crippen molar-refractivity contribution in [3.8, 4) is 11.3 Å². The van der Waals surface area contributed by atoms with Crippen LogP contribution in [0.3, 0.4) is 0 Å². The van der Waals surface area contributed by atoms with Gasteiger partial charge in [0.15, 0.2) is 17.0 Å². The van der Waals surface area contributed by atoms with Crippen LogP contribution >= 0.6 is 15.9 Å². The molecule has 0 bridgehead atoms. The first-order valence-electron chi connectivity index (χ1n) is 8.86. The SMILES string of the molecule is O=C(c1cc2nc(-c3ccc(Br)cc3)cc(C(F)(F)F)n2n1)N1CCCCC1. The first-order chi connectivity index (χ1) is 13.3. The van der Waals surface area contributed by atoms with Crippen LogP contribution in [0, 0.1) is 0 Å². The van der Waals surface area contributed by atoms with E-state index in [1.165, 1.54) is 6.07 Å². The number of hydrogen-bond donors (Lipinski definition) is 0. The Morgan fingerprint density at radius 2 is 1.71 bits per heavy atom. The number of rotatable bonds is 2. The Bertz CT molecular complexity index is 1020. The number of halogens is 4. The Labute approximate surface area is 167 Å². The topological polar surface area (TPSA) is 50.5 Å². The lowest BCUT2D eigenvalue weighted by Gasteiger charge is -2.25. The number of amides is 1. The Kier molecular flexibility index (Phi) is 4.86. The van der Waals surface area contributed by atoms with Gasteiger partial charge in [0.25, 0.3) is 5.91 Å². The highest BCUT2D eigenvalue weighted by Gasteiger charge is 2.36. The molecule has 0 aliphatic carbocycles. The molecule has 1 saturated heterocycles. The van der Waals surface area contributed by atoms with Crippen molar-refractivity contribution in [2.45, 2.75) is 25.4 Å². The second-order valence-electron chi connectivity index (χ2n) is 6.68. The van der Waals surface area contributed by atoms with Crippen LogP contribution in [0.1, 0.15) is 35.4 Å². The van der Waals surface area contributed by atoms with E-state index < -0.39 is 11.9 Å². The van der Waals surface area contributed by atoms with Gasteiger partial charge in [-0.1, -0.05) is 28.1 Å². The van der Waals surface area contributed by atoms with Crippen LogP contribution in [0.15, 0.2) is 40.9 Å².